The highest BCUT2D eigenvalue weighted by Gasteiger charge is 2.60. The van der Waals surface area contributed by atoms with Crippen LogP contribution in [0.25, 0.3) is 0 Å². The van der Waals surface area contributed by atoms with Gasteiger partial charge in [-0.3, -0.25) is 4.79 Å². The third kappa shape index (κ3) is 2.67. The number of rotatable bonds is 6. The Morgan fingerprint density at radius 2 is 1.88 bits per heavy atom. The molecule has 0 aromatic heterocycles. The lowest BCUT2D eigenvalue weighted by Crippen LogP contribution is -2.59. The van der Waals surface area contributed by atoms with E-state index in [2.05, 4.69) is 35.6 Å². The third-order valence-corrected chi connectivity index (χ3v) is 6.74. The van der Waals surface area contributed by atoms with Crippen molar-refractivity contribution in [1.29, 1.82) is 0 Å². The number of benzene rings is 1. The average molecular weight is 327 g/mol. The molecule has 24 heavy (non-hydrogen) atoms. The highest BCUT2D eigenvalue weighted by atomic mass is 16.5. The van der Waals surface area contributed by atoms with E-state index in [1.165, 1.54) is 24.8 Å². The molecule has 4 bridgehead atoms. The van der Waals surface area contributed by atoms with Crippen LogP contribution in [0.5, 0.6) is 0 Å². The molecule has 0 aliphatic heterocycles. The number of methoxy groups -OCH3 is 1. The molecule has 130 valence electrons. The van der Waals surface area contributed by atoms with Crippen molar-refractivity contribution >= 4 is 5.91 Å². The summed E-state index contributed by atoms with van der Waals surface area (Å²) in [5.74, 6) is 1.78. The summed E-state index contributed by atoms with van der Waals surface area (Å²) < 4.78 is 5.10. The maximum absolute atomic E-state index is 13.1. The molecule has 4 aliphatic rings. The van der Waals surface area contributed by atoms with Crippen molar-refractivity contribution < 1.29 is 9.53 Å². The Kier molecular flexibility index (Phi) is 4.16. The summed E-state index contributed by atoms with van der Waals surface area (Å²) in [5.41, 5.74) is 1.60. The van der Waals surface area contributed by atoms with Gasteiger partial charge >= 0.3 is 0 Å². The van der Waals surface area contributed by atoms with Crippen LogP contribution in [-0.2, 0) is 14.9 Å². The Bertz CT molecular complexity index is 583. The fourth-order valence-corrected chi connectivity index (χ4v) is 6.26. The largest absolute Gasteiger partial charge is 0.385 e. The minimum Gasteiger partial charge on any atom is -0.385 e. The molecular formula is C21H29NO2. The molecule has 1 aromatic carbocycles. The first kappa shape index (κ1) is 16.1. The SMILES string of the molecule is COCCCNC(=O)C12C[C@H]3C[C@H](C1)CC(c1ccccc1)(C3)C2. The van der Waals surface area contributed by atoms with Gasteiger partial charge in [0.1, 0.15) is 0 Å². The van der Waals surface area contributed by atoms with Crippen molar-refractivity contribution in [3.8, 4) is 0 Å². The number of amides is 1. The van der Waals surface area contributed by atoms with E-state index in [0.29, 0.717) is 12.5 Å². The molecule has 0 unspecified atom stereocenters. The van der Waals surface area contributed by atoms with Crippen LogP contribution in [0, 0.1) is 17.3 Å². The first-order chi connectivity index (χ1) is 11.7. The molecule has 1 aromatic rings. The van der Waals surface area contributed by atoms with Crippen LogP contribution in [0.4, 0.5) is 0 Å². The van der Waals surface area contributed by atoms with Gasteiger partial charge in [-0.2, -0.15) is 0 Å². The Balaban J connectivity index is 1.56. The van der Waals surface area contributed by atoms with E-state index >= 15 is 0 Å². The maximum Gasteiger partial charge on any atom is 0.226 e. The summed E-state index contributed by atoms with van der Waals surface area (Å²) in [6, 6.07) is 11.0. The van der Waals surface area contributed by atoms with Gasteiger partial charge in [-0.15, -0.1) is 0 Å². The molecule has 1 N–H and O–H groups in total. The Labute approximate surface area is 145 Å². The number of hydrogen-bond donors (Lipinski definition) is 1. The molecule has 0 radical (unpaired) electrons. The van der Waals surface area contributed by atoms with Crippen LogP contribution in [0.2, 0.25) is 0 Å². The predicted octanol–water partition coefficient (Wildman–Crippen LogP) is 3.68. The first-order valence-electron chi connectivity index (χ1n) is 9.49. The van der Waals surface area contributed by atoms with Crippen molar-refractivity contribution in [2.45, 2.75) is 50.4 Å². The van der Waals surface area contributed by atoms with Crippen molar-refractivity contribution in [3.05, 3.63) is 35.9 Å². The summed E-state index contributed by atoms with van der Waals surface area (Å²) in [6.45, 7) is 1.45. The molecule has 4 fully saturated rings. The van der Waals surface area contributed by atoms with E-state index in [1.807, 2.05) is 0 Å². The molecule has 0 heterocycles. The van der Waals surface area contributed by atoms with E-state index in [0.717, 1.165) is 44.1 Å². The summed E-state index contributed by atoms with van der Waals surface area (Å²) in [4.78, 5) is 13.1. The van der Waals surface area contributed by atoms with Crippen molar-refractivity contribution in [2.24, 2.45) is 17.3 Å². The summed E-state index contributed by atoms with van der Waals surface area (Å²) >= 11 is 0. The molecule has 4 aliphatic carbocycles. The lowest BCUT2D eigenvalue weighted by molar-refractivity contribution is -0.149. The molecule has 3 nitrogen and oxygen atoms in total. The van der Waals surface area contributed by atoms with E-state index in [4.69, 9.17) is 4.74 Å². The monoisotopic (exact) mass is 327 g/mol. The van der Waals surface area contributed by atoms with Gasteiger partial charge in [0.05, 0.1) is 5.41 Å². The molecule has 2 atom stereocenters. The molecule has 3 heteroatoms. The zero-order chi connectivity index (χ0) is 16.6. The quantitative estimate of drug-likeness (QED) is 0.810. The highest BCUT2D eigenvalue weighted by Crippen LogP contribution is 2.65. The van der Waals surface area contributed by atoms with Gasteiger partial charge in [0.2, 0.25) is 5.91 Å². The Hall–Kier alpha value is -1.35. The van der Waals surface area contributed by atoms with Crippen LogP contribution in [0.3, 0.4) is 0 Å². The van der Waals surface area contributed by atoms with Gasteiger partial charge in [0.25, 0.3) is 0 Å². The second-order valence-electron chi connectivity index (χ2n) is 8.49. The van der Waals surface area contributed by atoms with Gasteiger partial charge in [-0.1, -0.05) is 30.3 Å². The van der Waals surface area contributed by atoms with Gasteiger partial charge in [0, 0.05) is 20.3 Å². The number of hydrogen-bond acceptors (Lipinski definition) is 2. The normalized spacial score (nSPS) is 36.7. The van der Waals surface area contributed by atoms with E-state index < -0.39 is 0 Å². The van der Waals surface area contributed by atoms with Crippen molar-refractivity contribution in [1.82, 2.24) is 5.32 Å². The maximum atomic E-state index is 13.1. The van der Waals surface area contributed by atoms with Crippen molar-refractivity contribution in [3.63, 3.8) is 0 Å². The minimum atomic E-state index is -0.118. The predicted molar refractivity (Wildman–Crippen MR) is 94.7 cm³/mol. The fraction of sp³-hybridized carbons (Fsp3) is 0.667. The van der Waals surface area contributed by atoms with Crippen LogP contribution in [0.1, 0.15) is 50.5 Å². The number of carbonyl (C=O) groups is 1. The highest BCUT2D eigenvalue weighted by molar-refractivity contribution is 5.83. The average Bonchev–Trinajstić information content (AvgIpc) is 2.58. The molecule has 0 spiro atoms. The fourth-order valence-electron chi connectivity index (χ4n) is 6.26. The number of carbonyl (C=O) groups excluding carboxylic acids is 1. The Morgan fingerprint density at radius 1 is 1.17 bits per heavy atom. The molecule has 1 amide bonds. The molecule has 5 rings (SSSR count). The van der Waals surface area contributed by atoms with Crippen LogP contribution in [0.15, 0.2) is 30.3 Å². The summed E-state index contributed by atoms with van der Waals surface area (Å²) in [7, 11) is 1.71. The standard InChI is InChI=1S/C21H29NO2/c1-24-9-5-8-22-19(23)21-13-16-10-17(14-21)12-20(11-16,15-21)18-6-3-2-4-7-18/h2-4,6-7,16-17H,5,8-15H2,1H3,(H,22,23)/t16-,17-,20?,21?/m0/s1. The minimum absolute atomic E-state index is 0.118. The van der Waals surface area contributed by atoms with Gasteiger partial charge in [-0.05, 0) is 67.8 Å². The summed E-state index contributed by atoms with van der Waals surface area (Å²) in [6.07, 6.45) is 8.07. The van der Waals surface area contributed by atoms with E-state index in [-0.39, 0.29) is 10.8 Å². The third-order valence-electron chi connectivity index (χ3n) is 6.74. The molecule has 4 saturated carbocycles. The zero-order valence-corrected chi connectivity index (χ0v) is 14.7. The van der Waals surface area contributed by atoms with Crippen LogP contribution < -0.4 is 5.32 Å². The first-order valence-corrected chi connectivity index (χ1v) is 9.49. The van der Waals surface area contributed by atoms with Gasteiger partial charge in [-0.25, -0.2) is 0 Å². The zero-order valence-electron chi connectivity index (χ0n) is 14.7. The van der Waals surface area contributed by atoms with E-state index in [9.17, 15) is 4.79 Å². The van der Waals surface area contributed by atoms with E-state index in [1.54, 1.807) is 7.11 Å². The van der Waals surface area contributed by atoms with Gasteiger partial charge in [0.15, 0.2) is 0 Å². The number of ether oxygens (including phenoxy) is 1. The topological polar surface area (TPSA) is 38.3 Å². The van der Waals surface area contributed by atoms with Gasteiger partial charge < -0.3 is 10.1 Å². The smallest absolute Gasteiger partial charge is 0.226 e. The van der Waals surface area contributed by atoms with Crippen LogP contribution >= 0.6 is 0 Å². The lowest BCUT2D eigenvalue weighted by atomic mass is 9.42. The second-order valence-corrected chi connectivity index (χ2v) is 8.49. The number of nitrogens with one attached hydrogen (secondary N) is 1. The molecule has 0 saturated heterocycles. The Morgan fingerprint density at radius 3 is 2.54 bits per heavy atom. The van der Waals surface area contributed by atoms with Crippen LogP contribution in [-0.4, -0.2) is 26.2 Å². The van der Waals surface area contributed by atoms with Crippen molar-refractivity contribution in [2.75, 3.05) is 20.3 Å². The second kappa shape index (κ2) is 6.18. The lowest BCUT2D eigenvalue weighted by Gasteiger charge is -2.61. The molecular weight excluding hydrogens is 298 g/mol. The summed E-state index contributed by atoms with van der Waals surface area (Å²) in [5, 5.41) is 3.22.